The predicted molar refractivity (Wildman–Crippen MR) is 120 cm³/mol. The molecule has 4 nitrogen and oxygen atoms in total. The average molecular weight is 460 g/mol. The summed E-state index contributed by atoms with van der Waals surface area (Å²) in [5.74, 6) is -0.758. The third-order valence-corrected chi connectivity index (χ3v) is 6.34. The smallest absolute Gasteiger partial charge is 0.417 e. The number of halogens is 3. The van der Waals surface area contributed by atoms with Crippen LogP contribution in [-0.2, 0) is 11.0 Å². The first-order valence-corrected chi connectivity index (χ1v) is 11.4. The van der Waals surface area contributed by atoms with Crippen molar-refractivity contribution in [2.45, 2.75) is 64.1 Å². The zero-order chi connectivity index (χ0) is 23.6. The summed E-state index contributed by atoms with van der Waals surface area (Å²) in [5.41, 5.74) is 1.87. The highest BCUT2D eigenvalue weighted by Gasteiger charge is 2.36. The van der Waals surface area contributed by atoms with Gasteiger partial charge in [-0.1, -0.05) is 24.1 Å². The van der Waals surface area contributed by atoms with Gasteiger partial charge < -0.3 is 14.7 Å². The zero-order valence-corrected chi connectivity index (χ0v) is 18.6. The third-order valence-electron chi connectivity index (χ3n) is 6.34. The second-order valence-corrected chi connectivity index (χ2v) is 8.88. The standard InChI is InChI=1S/C26H28F3NO3/c1-17-10-12-30-13-11-18(15-22(30)19(14-17)16-24(31)32)25-21(26(27,28)29)8-5-9-23(25)33-20-6-3-2-4-7-20/h5,8-9,11,13-15,20H,2-4,6-7,10,12,16H2,1H3,(H,31,32). The van der Waals surface area contributed by atoms with E-state index < -0.39 is 17.7 Å². The topological polar surface area (TPSA) is 49.8 Å². The lowest BCUT2D eigenvalue weighted by Crippen LogP contribution is -2.22. The van der Waals surface area contributed by atoms with Crippen LogP contribution >= 0.6 is 0 Å². The van der Waals surface area contributed by atoms with Crippen molar-refractivity contribution in [1.29, 1.82) is 0 Å². The maximum Gasteiger partial charge on any atom is 0.417 e. The van der Waals surface area contributed by atoms with Crippen molar-refractivity contribution in [2.75, 3.05) is 6.54 Å². The number of hydrogen-bond acceptors (Lipinski definition) is 3. The Balaban J connectivity index is 1.83. The molecule has 1 saturated carbocycles. The molecular formula is C26H28F3NO3. The van der Waals surface area contributed by atoms with Crippen molar-refractivity contribution >= 4 is 11.5 Å². The highest BCUT2D eigenvalue weighted by molar-refractivity contribution is 5.83. The number of allylic oxidation sites excluding steroid dienone is 4. The van der Waals surface area contributed by atoms with Crippen LogP contribution in [-0.4, -0.2) is 28.6 Å². The van der Waals surface area contributed by atoms with Gasteiger partial charge in [-0.2, -0.15) is 13.2 Å². The Hall–Kier alpha value is -2.96. The molecule has 0 bridgehead atoms. The first kappa shape index (κ1) is 23.2. The van der Waals surface area contributed by atoms with Gasteiger partial charge in [-0.05, 0) is 74.5 Å². The molecule has 176 valence electrons. The van der Waals surface area contributed by atoms with Crippen molar-refractivity contribution in [3.05, 3.63) is 70.6 Å². The molecule has 0 unspecified atom stereocenters. The molecule has 1 aliphatic carbocycles. The molecule has 0 atom stereocenters. The number of carboxylic acid groups (broad SMARTS) is 1. The lowest BCUT2D eigenvalue weighted by Gasteiger charge is -2.29. The van der Waals surface area contributed by atoms with E-state index in [9.17, 15) is 23.1 Å². The summed E-state index contributed by atoms with van der Waals surface area (Å²) in [6.07, 6.45) is 7.61. The van der Waals surface area contributed by atoms with Crippen LogP contribution in [0.4, 0.5) is 13.2 Å². The molecule has 1 N–H and O–H groups in total. The van der Waals surface area contributed by atoms with E-state index in [0.717, 1.165) is 50.2 Å². The fourth-order valence-electron chi connectivity index (χ4n) is 4.73. The number of carboxylic acids is 1. The van der Waals surface area contributed by atoms with E-state index in [2.05, 4.69) is 0 Å². The highest BCUT2D eigenvalue weighted by Crippen LogP contribution is 2.43. The Labute approximate surface area is 191 Å². The van der Waals surface area contributed by atoms with Crippen LogP contribution in [0.15, 0.2) is 59.5 Å². The van der Waals surface area contributed by atoms with Gasteiger partial charge in [0, 0.05) is 24.0 Å². The summed E-state index contributed by atoms with van der Waals surface area (Å²) in [7, 11) is 0. The Morgan fingerprint density at radius 1 is 1.18 bits per heavy atom. The van der Waals surface area contributed by atoms with Gasteiger partial charge in [-0.3, -0.25) is 4.79 Å². The fraction of sp³-hybridized carbons (Fsp3) is 0.423. The van der Waals surface area contributed by atoms with E-state index in [1.165, 1.54) is 6.07 Å². The summed E-state index contributed by atoms with van der Waals surface area (Å²) < 4.78 is 48.3. The Morgan fingerprint density at radius 3 is 2.64 bits per heavy atom. The van der Waals surface area contributed by atoms with Gasteiger partial charge in [-0.15, -0.1) is 0 Å². The molecule has 1 aromatic rings. The average Bonchev–Trinajstić information content (AvgIpc) is 2.91. The quantitative estimate of drug-likeness (QED) is 0.532. The maximum absolute atomic E-state index is 14.0. The van der Waals surface area contributed by atoms with Crippen molar-refractivity contribution < 1.29 is 27.8 Å². The normalized spacial score (nSPS) is 19.6. The number of fused-ring (bicyclic) bond motifs is 1. The van der Waals surface area contributed by atoms with Crippen molar-refractivity contribution in [3.8, 4) is 5.75 Å². The van der Waals surface area contributed by atoms with Gasteiger partial charge in [0.05, 0.1) is 18.1 Å². The van der Waals surface area contributed by atoms with Gasteiger partial charge >= 0.3 is 12.1 Å². The van der Waals surface area contributed by atoms with Crippen LogP contribution in [0.5, 0.6) is 5.75 Å². The van der Waals surface area contributed by atoms with Crippen LogP contribution in [0.25, 0.3) is 5.57 Å². The molecule has 0 amide bonds. The SMILES string of the molecule is CC1=CC(CC(=O)O)=C2C=C(c3c(OC4CCCCC4)cccc3C(F)(F)F)C=CN2CC1. The predicted octanol–water partition coefficient (Wildman–Crippen LogP) is 6.71. The number of rotatable bonds is 5. The van der Waals surface area contributed by atoms with Crippen molar-refractivity contribution in [1.82, 2.24) is 4.90 Å². The van der Waals surface area contributed by atoms with Crippen molar-refractivity contribution in [2.24, 2.45) is 0 Å². The number of alkyl halides is 3. The van der Waals surface area contributed by atoms with Gasteiger partial charge in [0.1, 0.15) is 5.75 Å². The number of ether oxygens (including phenoxy) is 1. The second-order valence-electron chi connectivity index (χ2n) is 8.88. The summed E-state index contributed by atoms with van der Waals surface area (Å²) in [4.78, 5) is 13.4. The maximum atomic E-state index is 14.0. The van der Waals surface area contributed by atoms with E-state index in [1.807, 2.05) is 17.9 Å². The molecule has 1 aromatic carbocycles. The van der Waals surface area contributed by atoms with Crippen LogP contribution in [0.1, 0.15) is 63.0 Å². The van der Waals surface area contributed by atoms with E-state index >= 15 is 0 Å². The Kier molecular flexibility index (Phi) is 6.68. The molecule has 0 aromatic heterocycles. The minimum Gasteiger partial charge on any atom is -0.490 e. The third kappa shape index (κ3) is 5.34. The first-order valence-electron chi connectivity index (χ1n) is 11.4. The van der Waals surface area contributed by atoms with Gasteiger partial charge in [0.2, 0.25) is 0 Å². The van der Waals surface area contributed by atoms with E-state index in [0.29, 0.717) is 23.4 Å². The highest BCUT2D eigenvalue weighted by atomic mass is 19.4. The monoisotopic (exact) mass is 459 g/mol. The lowest BCUT2D eigenvalue weighted by molar-refractivity contribution is -0.138. The molecule has 2 heterocycles. The van der Waals surface area contributed by atoms with E-state index in [4.69, 9.17) is 4.74 Å². The van der Waals surface area contributed by atoms with Gasteiger partial charge in [0.15, 0.2) is 0 Å². The van der Waals surface area contributed by atoms with Crippen LogP contribution in [0.2, 0.25) is 0 Å². The number of hydrogen-bond donors (Lipinski definition) is 1. The molecule has 0 saturated heterocycles. The van der Waals surface area contributed by atoms with Crippen LogP contribution < -0.4 is 4.74 Å². The molecule has 2 aliphatic heterocycles. The van der Waals surface area contributed by atoms with Gasteiger partial charge in [0.25, 0.3) is 0 Å². The summed E-state index contributed by atoms with van der Waals surface area (Å²) in [5, 5.41) is 9.40. The molecule has 3 aliphatic rings. The van der Waals surface area contributed by atoms with Crippen molar-refractivity contribution in [3.63, 3.8) is 0 Å². The van der Waals surface area contributed by atoms with Gasteiger partial charge in [-0.25, -0.2) is 0 Å². The fourth-order valence-corrected chi connectivity index (χ4v) is 4.73. The van der Waals surface area contributed by atoms with Crippen LogP contribution in [0.3, 0.4) is 0 Å². The second kappa shape index (κ2) is 9.49. The number of carbonyl (C=O) groups is 1. The molecule has 4 rings (SSSR count). The number of nitrogens with zero attached hydrogens (tertiary/aromatic N) is 1. The summed E-state index contributed by atoms with van der Waals surface area (Å²) in [6.45, 7) is 2.57. The van der Waals surface area contributed by atoms with E-state index in [-0.39, 0.29) is 23.8 Å². The first-order chi connectivity index (χ1) is 15.7. The van der Waals surface area contributed by atoms with E-state index in [1.54, 1.807) is 24.4 Å². The molecule has 1 fully saturated rings. The molecule has 33 heavy (non-hydrogen) atoms. The number of benzene rings is 1. The molecular weight excluding hydrogens is 431 g/mol. The molecule has 0 radical (unpaired) electrons. The molecule has 7 heteroatoms. The summed E-state index contributed by atoms with van der Waals surface area (Å²) in [6, 6.07) is 4.06. The Morgan fingerprint density at radius 2 is 1.94 bits per heavy atom. The lowest BCUT2D eigenvalue weighted by atomic mass is 9.93. The minimum absolute atomic E-state index is 0.0126. The Bertz CT molecular complexity index is 1040. The zero-order valence-electron chi connectivity index (χ0n) is 18.6. The molecule has 0 spiro atoms. The number of aliphatic carboxylic acids is 1. The van der Waals surface area contributed by atoms with Crippen LogP contribution in [0, 0.1) is 0 Å². The summed E-state index contributed by atoms with van der Waals surface area (Å²) >= 11 is 0. The minimum atomic E-state index is -4.55. The largest absolute Gasteiger partial charge is 0.490 e.